The van der Waals surface area contributed by atoms with E-state index in [2.05, 4.69) is 47.6 Å². The van der Waals surface area contributed by atoms with Gasteiger partial charge < -0.3 is 84.6 Å². The molecule has 0 aromatic rings. The van der Waals surface area contributed by atoms with Gasteiger partial charge in [-0.3, -0.25) is 0 Å². The highest BCUT2D eigenvalue weighted by Crippen LogP contribution is 2.76. The van der Waals surface area contributed by atoms with Crippen LogP contribution >= 0.6 is 0 Å². The Labute approximate surface area is 384 Å². The fraction of sp³-hybridized carbons (Fsp3) is 0.958. The minimum atomic E-state index is -1.65. The molecular weight excluding hydrogens is 849 g/mol. The molecule has 11 N–H and O–H groups in total. The van der Waals surface area contributed by atoms with Crippen LogP contribution in [0.25, 0.3) is 0 Å². The molecular formula is C48H82O17. The molecule has 17 heteroatoms. The normalized spacial score (nSPS) is 53.0. The summed E-state index contributed by atoms with van der Waals surface area (Å²) < 4.78 is 36.7. The molecule has 7 rings (SSSR count). The fourth-order valence-corrected chi connectivity index (χ4v) is 14.9. The Bertz CT molecular complexity index is 1660. The molecule has 7 aliphatic rings. The second-order valence-electron chi connectivity index (χ2n) is 22.9. The standard InChI is InChI=1S/C48H82O17/c1-22(2)11-10-16-48(9,65-43-39(59)36(56)33(53)28(63-43)21-60-41-37(57)34(54)31(51)23(3)61-41)25-14-17-46(7)24(25)12-13-30-45(6)19-26(50)40(44(4,5)29(45)15-18-47(30,46)8)64-42-38(58)35(55)32(52)27(20-49)62-42/h11,23-43,49-59H,10,12-21H2,1-9H3/t23-,24?,25?,26?,27+,28+,29?,30?,31+,32+,33+,34+,35-,36-,37+,38+,39+,40?,41+,42-,43-,45?,46?,47?,48?/m0/s1. The molecule has 4 saturated carbocycles. The summed E-state index contributed by atoms with van der Waals surface area (Å²) in [6.07, 6.45) is -13.5. The predicted octanol–water partition coefficient (Wildman–Crippen LogP) is 1.00. The van der Waals surface area contributed by atoms with Crippen molar-refractivity contribution < 1.29 is 84.6 Å². The lowest BCUT2D eigenvalue weighted by Gasteiger charge is -2.70. The van der Waals surface area contributed by atoms with Gasteiger partial charge in [-0.1, -0.05) is 46.3 Å². The van der Waals surface area contributed by atoms with E-state index in [-0.39, 0.29) is 46.5 Å². The molecule has 0 bridgehead atoms. The van der Waals surface area contributed by atoms with Gasteiger partial charge in [0.25, 0.3) is 0 Å². The number of aliphatic hydroxyl groups excluding tert-OH is 11. The molecule has 0 spiro atoms. The van der Waals surface area contributed by atoms with Gasteiger partial charge >= 0.3 is 0 Å². The Balaban J connectivity index is 1.10. The highest BCUT2D eigenvalue weighted by atomic mass is 16.7. The summed E-state index contributed by atoms with van der Waals surface area (Å²) in [5.41, 5.74) is -0.843. The summed E-state index contributed by atoms with van der Waals surface area (Å²) in [6.45, 7) is 18.1. The first-order chi connectivity index (χ1) is 30.3. The van der Waals surface area contributed by atoms with Gasteiger partial charge in [-0.2, -0.15) is 0 Å². The van der Waals surface area contributed by atoms with E-state index in [1.165, 1.54) is 6.92 Å². The van der Waals surface area contributed by atoms with E-state index in [0.717, 1.165) is 44.1 Å². The second kappa shape index (κ2) is 19.0. The smallest absolute Gasteiger partial charge is 0.187 e. The van der Waals surface area contributed by atoms with Gasteiger partial charge in [0.05, 0.1) is 37.1 Å². The summed E-state index contributed by atoms with van der Waals surface area (Å²) in [4.78, 5) is 0. The molecule has 17 nitrogen and oxygen atoms in total. The number of aliphatic hydroxyl groups is 11. The average molecular weight is 931 g/mol. The van der Waals surface area contributed by atoms with Crippen molar-refractivity contribution in [3.8, 4) is 0 Å². The third-order valence-electron chi connectivity index (χ3n) is 18.7. The molecule has 3 saturated heterocycles. The Kier molecular flexibility index (Phi) is 15.2. The van der Waals surface area contributed by atoms with Crippen LogP contribution in [0.2, 0.25) is 0 Å². The summed E-state index contributed by atoms with van der Waals surface area (Å²) in [6, 6.07) is 0. The summed E-state index contributed by atoms with van der Waals surface area (Å²) in [7, 11) is 0. The van der Waals surface area contributed by atoms with E-state index < -0.39 is 122 Å². The van der Waals surface area contributed by atoms with E-state index in [0.29, 0.717) is 19.3 Å². The SMILES string of the molecule is CC(C)=CCCC(C)(O[C@@H]1O[C@H](CO[C@@H]2O[C@@H](C)[C@@H](O)[C@@H](O)[C@H]2O)[C@@H](O)[C@H](O)[C@H]1O)C1CCC2(C)C1CCC1C3(C)CC(O)C(O[C@@H]4O[C@H](CO)[C@@H](O)[C@H](O)[C@H]4O)C(C)(C)C3CCC12C. The van der Waals surface area contributed by atoms with Crippen LogP contribution in [0.1, 0.15) is 120 Å². The van der Waals surface area contributed by atoms with Gasteiger partial charge in [-0.15, -0.1) is 0 Å². The molecule has 0 aromatic carbocycles. The largest absolute Gasteiger partial charge is 0.394 e. The van der Waals surface area contributed by atoms with Crippen LogP contribution in [0.5, 0.6) is 0 Å². The van der Waals surface area contributed by atoms with E-state index in [4.69, 9.17) is 28.4 Å². The number of fused-ring (bicyclic) bond motifs is 5. The molecule has 3 heterocycles. The van der Waals surface area contributed by atoms with E-state index >= 15 is 0 Å². The molecule has 65 heavy (non-hydrogen) atoms. The van der Waals surface area contributed by atoms with Crippen LogP contribution in [0.4, 0.5) is 0 Å². The third kappa shape index (κ3) is 8.84. The molecule has 0 amide bonds. The molecule has 376 valence electrons. The molecule has 0 radical (unpaired) electrons. The Morgan fingerprint density at radius 2 is 1.25 bits per heavy atom. The topological polar surface area (TPSA) is 278 Å². The van der Waals surface area contributed by atoms with Gasteiger partial charge in [-0.25, -0.2) is 0 Å². The average Bonchev–Trinajstić information content (AvgIpc) is 3.61. The van der Waals surface area contributed by atoms with Crippen LogP contribution in [-0.4, -0.2) is 179 Å². The lowest BCUT2D eigenvalue weighted by atomic mass is 9.35. The molecule has 25 atom stereocenters. The zero-order valence-electron chi connectivity index (χ0n) is 39.8. The van der Waals surface area contributed by atoms with Crippen LogP contribution in [-0.2, 0) is 28.4 Å². The summed E-state index contributed by atoms with van der Waals surface area (Å²) in [5, 5.41) is 118. The molecule has 10 unspecified atom stereocenters. The highest BCUT2D eigenvalue weighted by molar-refractivity contribution is 5.20. The van der Waals surface area contributed by atoms with Gasteiger partial charge in [0.15, 0.2) is 18.9 Å². The van der Waals surface area contributed by atoms with Gasteiger partial charge in [0.1, 0.15) is 67.1 Å². The fourth-order valence-electron chi connectivity index (χ4n) is 14.9. The lowest BCUT2D eigenvalue weighted by Crippen LogP contribution is -2.68. The summed E-state index contributed by atoms with van der Waals surface area (Å²) in [5.74, 6) is 0.612. The van der Waals surface area contributed by atoms with Crippen molar-refractivity contribution in [1.82, 2.24) is 0 Å². The number of ether oxygens (including phenoxy) is 6. The monoisotopic (exact) mass is 931 g/mol. The number of hydrogen-bond acceptors (Lipinski definition) is 17. The third-order valence-corrected chi connectivity index (χ3v) is 18.7. The predicted molar refractivity (Wildman–Crippen MR) is 232 cm³/mol. The van der Waals surface area contributed by atoms with Crippen molar-refractivity contribution in [1.29, 1.82) is 0 Å². The quantitative estimate of drug-likeness (QED) is 0.0962. The second-order valence-corrected chi connectivity index (χ2v) is 22.9. The van der Waals surface area contributed by atoms with Crippen molar-refractivity contribution in [2.24, 2.45) is 45.3 Å². The van der Waals surface area contributed by atoms with Crippen molar-refractivity contribution in [3.05, 3.63) is 11.6 Å². The van der Waals surface area contributed by atoms with Crippen molar-refractivity contribution in [2.45, 2.75) is 230 Å². The minimum absolute atomic E-state index is 0.0285. The maximum absolute atomic E-state index is 12.1. The van der Waals surface area contributed by atoms with Gasteiger partial charge in [0, 0.05) is 0 Å². The van der Waals surface area contributed by atoms with Crippen LogP contribution < -0.4 is 0 Å². The summed E-state index contributed by atoms with van der Waals surface area (Å²) >= 11 is 0. The Hall–Kier alpha value is -0.940. The first-order valence-electron chi connectivity index (χ1n) is 24.2. The lowest BCUT2D eigenvalue weighted by molar-refractivity contribution is -0.348. The van der Waals surface area contributed by atoms with E-state index in [9.17, 15) is 56.2 Å². The minimum Gasteiger partial charge on any atom is -0.394 e. The Morgan fingerprint density at radius 1 is 0.662 bits per heavy atom. The molecule has 0 aromatic heterocycles. The first kappa shape index (κ1) is 51.9. The maximum Gasteiger partial charge on any atom is 0.187 e. The zero-order chi connectivity index (χ0) is 47.9. The highest BCUT2D eigenvalue weighted by Gasteiger charge is 2.71. The van der Waals surface area contributed by atoms with E-state index in [1.807, 2.05) is 13.8 Å². The van der Waals surface area contributed by atoms with Crippen LogP contribution in [0.3, 0.4) is 0 Å². The van der Waals surface area contributed by atoms with Crippen molar-refractivity contribution in [3.63, 3.8) is 0 Å². The first-order valence-corrected chi connectivity index (χ1v) is 24.2. The molecule has 3 aliphatic heterocycles. The number of allylic oxidation sites excluding steroid dienone is 2. The Morgan fingerprint density at radius 3 is 1.89 bits per heavy atom. The van der Waals surface area contributed by atoms with Crippen molar-refractivity contribution in [2.75, 3.05) is 13.2 Å². The number of rotatable bonds is 12. The van der Waals surface area contributed by atoms with Crippen LogP contribution in [0.15, 0.2) is 11.6 Å². The molecule has 4 aliphatic carbocycles. The van der Waals surface area contributed by atoms with Gasteiger partial charge in [-0.05, 0) is 131 Å². The van der Waals surface area contributed by atoms with Crippen molar-refractivity contribution >= 4 is 0 Å². The maximum atomic E-state index is 12.1. The van der Waals surface area contributed by atoms with E-state index in [1.54, 1.807) is 0 Å². The molecule has 7 fully saturated rings. The number of hydrogen-bond donors (Lipinski definition) is 11. The van der Waals surface area contributed by atoms with Gasteiger partial charge in [0.2, 0.25) is 0 Å². The zero-order valence-corrected chi connectivity index (χ0v) is 39.8. The van der Waals surface area contributed by atoms with Crippen LogP contribution in [0, 0.1) is 45.3 Å².